The number of benzene rings is 1. The minimum absolute atomic E-state index is 0.0469. The van der Waals surface area contributed by atoms with Gasteiger partial charge in [0.2, 0.25) is 0 Å². The Morgan fingerprint density at radius 1 is 1.11 bits per heavy atom. The molecule has 0 unspecified atom stereocenters. The largest absolute Gasteiger partial charge is 0.468 e. The summed E-state index contributed by atoms with van der Waals surface area (Å²) in [7, 11) is 0. The summed E-state index contributed by atoms with van der Waals surface area (Å²) < 4.78 is 7.88. The molecular formula is C27H32N6O2. The Hall–Kier alpha value is -3.26. The van der Waals surface area contributed by atoms with Gasteiger partial charge in [-0.15, -0.1) is 5.10 Å². The first-order valence-electron chi connectivity index (χ1n) is 12.8. The fraction of sp³-hybridized carbons (Fsp3) is 0.481. The Morgan fingerprint density at radius 3 is 2.71 bits per heavy atom. The Morgan fingerprint density at radius 2 is 1.94 bits per heavy atom. The van der Waals surface area contributed by atoms with E-state index < -0.39 is 0 Å². The molecule has 2 aliphatic carbocycles. The molecule has 0 amide bonds. The molecule has 2 saturated carbocycles. The zero-order chi connectivity index (χ0) is 23.8. The fourth-order valence-electron chi connectivity index (χ4n) is 6.18. The van der Waals surface area contributed by atoms with Crippen LogP contribution in [0.3, 0.4) is 0 Å². The summed E-state index contributed by atoms with van der Waals surface area (Å²) >= 11 is 0. The normalized spacial score (nSPS) is 18.2. The Kier molecular flexibility index (Phi) is 5.76. The summed E-state index contributed by atoms with van der Waals surface area (Å²) in [6.45, 7) is 3.16. The van der Waals surface area contributed by atoms with E-state index in [-0.39, 0.29) is 11.1 Å². The quantitative estimate of drug-likeness (QED) is 0.407. The van der Waals surface area contributed by atoms with Crippen LogP contribution in [0.15, 0.2) is 51.9 Å². The molecular weight excluding hydrogens is 440 g/mol. The molecule has 182 valence electrons. The molecule has 3 heterocycles. The number of rotatable bonds is 7. The number of aromatic amines is 1. The molecule has 35 heavy (non-hydrogen) atoms. The van der Waals surface area contributed by atoms with Gasteiger partial charge in [0, 0.05) is 17.6 Å². The summed E-state index contributed by atoms with van der Waals surface area (Å²) in [6.07, 6.45) is 10.5. The SMILES string of the molecule is Cc1ccc2[nH]c(=O)c(CN(Cc3ccco3)C3(c4nnnn4C4CCCC4)CCCC3)cc2c1. The van der Waals surface area contributed by atoms with Crippen molar-refractivity contribution in [2.75, 3.05) is 0 Å². The maximum absolute atomic E-state index is 13.2. The van der Waals surface area contributed by atoms with Gasteiger partial charge in [-0.25, -0.2) is 4.68 Å². The van der Waals surface area contributed by atoms with Gasteiger partial charge < -0.3 is 9.40 Å². The number of furan rings is 1. The van der Waals surface area contributed by atoms with Crippen molar-refractivity contribution in [1.82, 2.24) is 30.1 Å². The molecule has 0 spiro atoms. The second kappa shape index (κ2) is 9.07. The van der Waals surface area contributed by atoms with E-state index in [1.807, 2.05) is 30.3 Å². The lowest BCUT2D eigenvalue weighted by Gasteiger charge is -2.40. The van der Waals surface area contributed by atoms with Crippen molar-refractivity contribution in [3.63, 3.8) is 0 Å². The number of nitrogens with one attached hydrogen (secondary N) is 1. The first kappa shape index (κ1) is 22.2. The first-order valence-corrected chi connectivity index (χ1v) is 12.8. The molecule has 8 heteroatoms. The molecule has 0 atom stereocenters. The van der Waals surface area contributed by atoms with Gasteiger partial charge in [0.25, 0.3) is 5.56 Å². The van der Waals surface area contributed by atoms with Gasteiger partial charge in [0.15, 0.2) is 5.82 Å². The van der Waals surface area contributed by atoms with E-state index in [2.05, 4.69) is 43.1 Å². The van der Waals surface area contributed by atoms with Gasteiger partial charge in [0.05, 0.1) is 24.4 Å². The van der Waals surface area contributed by atoms with Gasteiger partial charge in [-0.3, -0.25) is 9.69 Å². The first-order chi connectivity index (χ1) is 17.1. The number of H-pyrrole nitrogens is 1. The number of tetrazole rings is 1. The smallest absolute Gasteiger partial charge is 0.252 e. The number of hydrogen-bond acceptors (Lipinski definition) is 6. The standard InChI is InChI=1S/C27H32N6O2/c1-19-10-11-24-20(15-19)16-21(25(34)28-24)17-32(18-23-9-6-14-35-23)27(12-4-5-13-27)26-29-30-31-33(26)22-7-2-3-8-22/h6,9-11,14-16,22H,2-5,7-8,12-13,17-18H2,1H3,(H,28,34). The van der Waals surface area contributed by atoms with Gasteiger partial charge in [-0.2, -0.15) is 0 Å². The van der Waals surface area contributed by atoms with E-state index in [4.69, 9.17) is 4.42 Å². The van der Waals surface area contributed by atoms with Crippen molar-refractivity contribution >= 4 is 10.9 Å². The molecule has 0 bridgehead atoms. The number of hydrogen-bond donors (Lipinski definition) is 1. The molecule has 0 radical (unpaired) electrons. The number of fused-ring (bicyclic) bond motifs is 1. The maximum Gasteiger partial charge on any atom is 0.252 e. The molecule has 2 fully saturated rings. The number of pyridine rings is 1. The van der Waals surface area contributed by atoms with E-state index in [1.54, 1.807) is 6.26 Å². The lowest BCUT2D eigenvalue weighted by Crippen LogP contribution is -2.46. The zero-order valence-electron chi connectivity index (χ0n) is 20.2. The highest BCUT2D eigenvalue weighted by Gasteiger charge is 2.46. The molecule has 2 aliphatic rings. The average molecular weight is 473 g/mol. The second-order valence-electron chi connectivity index (χ2n) is 10.3. The van der Waals surface area contributed by atoms with Crippen LogP contribution in [-0.2, 0) is 18.6 Å². The maximum atomic E-state index is 13.2. The van der Waals surface area contributed by atoms with E-state index in [9.17, 15) is 4.79 Å². The topological polar surface area (TPSA) is 92.8 Å². The molecule has 0 aliphatic heterocycles. The van der Waals surface area contributed by atoms with Crippen LogP contribution in [0.2, 0.25) is 0 Å². The Bertz CT molecular complexity index is 1360. The predicted octanol–water partition coefficient (Wildman–Crippen LogP) is 5.00. The average Bonchev–Trinajstić information content (AvgIpc) is 3.66. The molecule has 0 saturated heterocycles. The molecule has 1 N–H and O–H groups in total. The lowest BCUT2D eigenvalue weighted by molar-refractivity contribution is 0.0508. The second-order valence-corrected chi connectivity index (χ2v) is 10.3. The highest BCUT2D eigenvalue weighted by molar-refractivity contribution is 5.79. The van der Waals surface area contributed by atoms with Gasteiger partial charge >= 0.3 is 0 Å². The van der Waals surface area contributed by atoms with Crippen molar-refractivity contribution < 1.29 is 4.42 Å². The lowest BCUT2D eigenvalue weighted by atomic mass is 9.92. The molecule has 1 aromatic carbocycles. The van der Waals surface area contributed by atoms with Crippen LogP contribution in [0.5, 0.6) is 0 Å². The van der Waals surface area contributed by atoms with Crippen LogP contribution in [0.4, 0.5) is 0 Å². The van der Waals surface area contributed by atoms with Crippen LogP contribution in [0.1, 0.15) is 80.1 Å². The van der Waals surface area contributed by atoms with Crippen LogP contribution >= 0.6 is 0 Å². The van der Waals surface area contributed by atoms with E-state index in [0.29, 0.717) is 19.1 Å². The molecule has 6 rings (SSSR count). The van der Waals surface area contributed by atoms with Crippen LogP contribution < -0.4 is 5.56 Å². The van der Waals surface area contributed by atoms with E-state index in [1.165, 1.54) is 18.4 Å². The minimum atomic E-state index is -0.340. The van der Waals surface area contributed by atoms with Crippen molar-refractivity contribution in [3.05, 3.63) is 75.7 Å². The summed E-state index contributed by atoms with van der Waals surface area (Å²) in [5.74, 6) is 1.82. The molecule has 3 aromatic heterocycles. The number of aryl methyl sites for hydroxylation is 1. The fourth-order valence-corrected chi connectivity index (χ4v) is 6.18. The summed E-state index contributed by atoms with van der Waals surface area (Å²) in [5.41, 5.74) is 2.40. The minimum Gasteiger partial charge on any atom is -0.468 e. The van der Waals surface area contributed by atoms with Crippen molar-refractivity contribution in [2.45, 2.75) is 83.0 Å². The number of aromatic nitrogens is 5. The van der Waals surface area contributed by atoms with Crippen LogP contribution in [0.25, 0.3) is 10.9 Å². The predicted molar refractivity (Wildman–Crippen MR) is 133 cm³/mol. The molecule has 8 nitrogen and oxygen atoms in total. The third kappa shape index (κ3) is 4.10. The monoisotopic (exact) mass is 472 g/mol. The van der Waals surface area contributed by atoms with E-state index >= 15 is 0 Å². The Balaban J connectivity index is 1.44. The van der Waals surface area contributed by atoms with Crippen molar-refractivity contribution in [2.24, 2.45) is 0 Å². The molecule has 4 aromatic rings. The van der Waals surface area contributed by atoms with Crippen molar-refractivity contribution in [3.8, 4) is 0 Å². The van der Waals surface area contributed by atoms with Gasteiger partial charge in [-0.1, -0.05) is 37.3 Å². The number of nitrogens with zero attached hydrogens (tertiary/aromatic N) is 5. The third-order valence-corrected chi connectivity index (χ3v) is 7.98. The summed E-state index contributed by atoms with van der Waals surface area (Å²) in [6, 6.07) is 12.4. The highest BCUT2D eigenvalue weighted by atomic mass is 16.3. The van der Waals surface area contributed by atoms with Gasteiger partial charge in [0.1, 0.15) is 5.76 Å². The van der Waals surface area contributed by atoms with Crippen molar-refractivity contribution in [1.29, 1.82) is 0 Å². The van der Waals surface area contributed by atoms with Crippen LogP contribution in [0, 0.1) is 6.92 Å². The third-order valence-electron chi connectivity index (χ3n) is 7.98. The van der Waals surface area contributed by atoms with E-state index in [0.717, 1.165) is 66.6 Å². The zero-order valence-corrected chi connectivity index (χ0v) is 20.2. The van der Waals surface area contributed by atoms with Crippen LogP contribution in [-0.4, -0.2) is 30.1 Å². The summed E-state index contributed by atoms with van der Waals surface area (Å²) in [5, 5.41) is 14.3. The summed E-state index contributed by atoms with van der Waals surface area (Å²) in [4.78, 5) is 18.7. The Labute approximate surface area is 204 Å². The highest BCUT2D eigenvalue weighted by Crippen LogP contribution is 2.46. The van der Waals surface area contributed by atoms with Gasteiger partial charge in [-0.05, 0) is 78.8 Å².